The quantitative estimate of drug-likeness (QED) is 0.236. The minimum Gasteiger partial charge on any atom is -0.465 e. The second-order valence-corrected chi connectivity index (χ2v) is 14.0. The normalized spacial score (nSPS) is 22.5. The van der Waals surface area contributed by atoms with Crippen molar-refractivity contribution in [3.63, 3.8) is 0 Å². The van der Waals surface area contributed by atoms with Gasteiger partial charge in [-0.2, -0.15) is 0 Å². The molecule has 4 atom stereocenters. The molecule has 2 saturated heterocycles. The average Bonchev–Trinajstić information content (AvgIpc) is 3.81. The summed E-state index contributed by atoms with van der Waals surface area (Å²) in [5, 5.41) is 9.57. The molecule has 2 aliphatic heterocycles. The molecule has 2 amide bonds. The Labute approximate surface area is 278 Å². The highest BCUT2D eigenvalue weighted by molar-refractivity contribution is 6.00. The molecule has 12 nitrogen and oxygen atoms in total. The second kappa shape index (κ2) is 13.0. The van der Waals surface area contributed by atoms with Crippen LogP contribution in [0, 0.1) is 5.92 Å². The number of nitrogens with zero attached hydrogens (tertiary/aromatic N) is 2. The van der Waals surface area contributed by atoms with Gasteiger partial charge in [0.05, 0.1) is 0 Å². The first-order valence-corrected chi connectivity index (χ1v) is 16.5. The molecule has 4 unspecified atom stereocenters. The van der Waals surface area contributed by atoms with Gasteiger partial charge in [-0.15, -0.1) is 0 Å². The van der Waals surface area contributed by atoms with E-state index in [1.165, 1.54) is 9.80 Å². The SMILES string of the molecule is CC(C)(C)OC(=O)N1CCCC1C(=O)OCC(=O)c1ccc2c(c1)CCc1cc(C(=O)COC(=O)C3C4CCC(C4)N3C(=O)O)ccc1-2. The number of carboxylic acid groups (broad SMARTS) is 1. The van der Waals surface area contributed by atoms with Crippen LogP contribution in [0.4, 0.5) is 9.59 Å². The van der Waals surface area contributed by atoms with Crippen molar-refractivity contribution < 1.29 is 48.1 Å². The van der Waals surface area contributed by atoms with Crippen LogP contribution in [0.1, 0.15) is 84.7 Å². The van der Waals surface area contributed by atoms with Crippen molar-refractivity contribution in [3.8, 4) is 11.1 Å². The number of fused-ring (bicyclic) bond motifs is 5. The Bertz CT molecular complexity index is 1680. The summed E-state index contributed by atoms with van der Waals surface area (Å²) in [6, 6.07) is 8.80. The predicted octanol–water partition coefficient (Wildman–Crippen LogP) is 4.83. The van der Waals surface area contributed by atoms with Crippen molar-refractivity contribution in [2.24, 2.45) is 5.92 Å². The van der Waals surface area contributed by atoms with Crippen LogP contribution in [0.3, 0.4) is 0 Å². The molecule has 254 valence electrons. The molecule has 6 rings (SSSR count). The van der Waals surface area contributed by atoms with Gasteiger partial charge >= 0.3 is 24.1 Å². The highest BCUT2D eigenvalue weighted by Gasteiger charge is 2.52. The van der Waals surface area contributed by atoms with Crippen LogP contribution in [-0.2, 0) is 36.6 Å². The van der Waals surface area contributed by atoms with Crippen LogP contribution < -0.4 is 0 Å². The molecule has 0 radical (unpaired) electrons. The number of ketones is 2. The molecule has 2 aromatic carbocycles. The van der Waals surface area contributed by atoms with E-state index in [0.717, 1.165) is 35.1 Å². The zero-order valence-corrected chi connectivity index (χ0v) is 27.4. The third-order valence-corrected chi connectivity index (χ3v) is 9.70. The highest BCUT2D eigenvalue weighted by Crippen LogP contribution is 2.43. The standard InChI is InChI=1S/C36H40N2O10/c1-36(2,3)48-35(45)37-14-4-5-28(37)32(41)46-18-29(39)22-9-12-26-20(15-22)6-7-21-16-23(10-13-27(21)26)30(40)19-47-33(42)31-24-8-11-25(17-24)38(31)34(43)44/h9-10,12-13,15-16,24-25,28,31H,4-8,11,14,17-19H2,1-3H3,(H,43,44). The third-order valence-electron chi connectivity index (χ3n) is 9.70. The summed E-state index contributed by atoms with van der Waals surface area (Å²) in [5.41, 5.74) is 3.87. The van der Waals surface area contributed by atoms with E-state index in [0.29, 0.717) is 49.8 Å². The van der Waals surface area contributed by atoms with Crippen molar-refractivity contribution in [1.29, 1.82) is 0 Å². The molecule has 4 aliphatic rings. The number of esters is 2. The fraction of sp³-hybridized carbons (Fsp3) is 0.500. The van der Waals surface area contributed by atoms with Crippen LogP contribution in [0.2, 0.25) is 0 Å². The molecule has 2 bridgehead atoms. The summed E-state index contributed by atoms with van der Waals surface area (Å²) < 4.78 is 16.1. The minimum absolute atomic E-state index is 0.0722. The van der Waals surface area contributed by atoms with Crippen molar-refractivity contribution in [2.45, 2.75) is 89.4 Å². The largest absolute Gasteiger partial charge is 0.465 e. The van der Waals surface area contributed by atoms with Gasteiger partial charge in [-0.3, -0.25) is 19.4 Å². The van der Waals surface area contributed by atoms with Crippen LogP contribution in [0.15, 0.2) is 36.4 Å². The van der Waals surface area contributed by atoms with Gasteiger partial charge in [0.1, 0.15) is 17.7 Å². The first-order chi connectivity index (χ1) is 22.8. The Balaban J connectivity index is 1.05. The van der Waals surface area contributed by atoms with Crippen LogP contribution in [-0.4, -0.2) is 94.1 Å². The summed E-state index contributed by atoms with van der Waals surface area (Å²) in [6.45, 7) is 4.73. The number of carbonyl (C=O) groups is 6. The lowest BCUT2D eigenvalue weighted by Gasteiger charge is -2.31. The summed E-state index contributed by atoms with van der Waals surface area (Å²) in [6.07, 6.45) is 2.76. The molecule has 0 spiro atoms. The number of hydrogen-bond acceptors (Lipinski definition) is 9. The van der Waals surface area contributed by atoms with E-state index in [9.17, 15) is 33.9 Å². The van der Waals surface area contributed by atoms with Crippen LogP contribution >= 0.6 is 0 Å². The molecule has 3 fully saturated rings. The van der Waals surface area contributed by atoms with Crippen molar-refractivity contribution in [3.05, 3.63) is 58.7 Å². The summed E-state index contributed by atoms with van der Waals surface area (Å²) >= 11 is 0. The van der Waals surface area contributed by atoms with Crippen LogP contribution in [0.25, 0.3) is 11.1 Å². The number of rotatable bonds is 8. The Kier molecular flexibility index (Phi) is 9.02. The molecule has 2 heterocycles. The number of Topliss-reactive ketones (excluding diaryl/α,β-unsaturated/α-hetero) is 2. The van der Waals surface area contributed by atoms with Gasteiger partial charge < -0.3 is 19.3 Å². The molecule has 1 saturated carbocycles. The highest BCUT2D eigenvalue weighted by atomic mass is 16.6. The number of amides is 2. The fourth-order valence-corrected chi connectivity index (χ4v) is 7.48. The summed E-state index contributed by atoms with van der Waals surface area (Å²) in [7, 11) is 0. The molecular weight excluding hydrogens is 620 g/mol. The number of ether oxygens (including phenoxy) is 3. The topological polar surface area (TPSA) is 157 Å². The lowest BCUT2D eigenvalue weighted by molar-refractivity contribution is -0.149. The number of benzene rings is 2. The van der Waals surface area contributed by atoms with E-state index >= 15 is 0 Å². The predicted molar refractivity (Wildman–Crippen MR) is 171 cm³/mol. The molecule has 2 aromatic rings. The summed E-state index contributed by atoms with van der Waals surface area (Å²) in [5.74, 6) is -2.11. The number of hydrogen-bond donors (Lipinski definition) is 1. The lowest BCUT2D eigenvalue weighted by Crippen LogP contribution is -2.49. The van der Waals surface area contributed by atoms with E-state index in [1.54, 1.807) is 45.0 Å². The van der Waals surface area contributed by atoms with Gasteiger partial charge in [0.25, 0.3) is 0 Å². The zero-order valence-electron chi connectivity index (χ0n) is 27.4. The Hall–Kier alpha value is -4.74. The van der Waals surface area contributed by atoms with Gasteiger partial charge in [0.2, 0.25) is 0 Å². The van der Waals surface area contributed by atoms with Gasteiger partial charge in [-0.1, -0.05) is 24.3 Å². The lowest BCUT2D eigenvalue weighted by atomic mass is 9.83. The van der Waals surface area contributed by atoms with E-state index in [4.69, 9.17) is 14.2 Å². The number of likely N-dealkylation sites (tertiary alicyclic amines) is 2. The maximum atomic E-state index is 13.0. The number of carbonyl (C=O) groups excluding carboxylic acids is 5. The van der Waals surface area contributed by atoms with E-state index in [1.807, 2.05) is 12.1 Å². The minimum atomic E-state index is -1.14. The monoisotopic (exact) mass is 660 g/mol. The summed E-state index contributed by atoms with van der Waals surface area (Å²) in [4.78, 5) is 78.4. The van der Waals surface area contributed by atoms with E-state index in [-0.39, 0.29) is 23.5 Å². The molecule has 0 aromatic heterocycles. The Morgan fingerprint density at radius 1 is 0.812 bits per heavy atom. The van der Waals surface area contributed by atoms with E-state index in [2.05, 4.69) is 0 Å². The van der Waals surface area contributed by atoms with Crippen molar-refractivity contribution in [2.75, 3.05) is 19.8 Å². The maximum Gasteiger partial charge on any atom is 0.411 e. The third kappa shape index (κ3) is 6.65. The maximum absolute atomic E-state index is 13.0. The second-order valence-electron chi connectivity index (χ2n) is 14.0. The number of aryl methyl sites for hydroxylation is 2. The van der Waals surface area contributed by atoms with Crippen molar-refractivity contribution >= 4 is 35.7 Å². The van der Waals surface area contributed by atoms with E-state index < -0.39 is 55.0 Å². The molecular formula is C36H40N2O10. The Morgan fingerprint density at radius 3 is 1.96 bits per heavy atom. The zero-order chi connectivity index (χ0) is 34.3. The first kappa shape index (κ1) is 33.2. The first-order valence-electron chi connectivity index (χ1n) is 16.5. The number of piperidine rings is 1. The van der Waals surface area contributed by atoms with Gasteiger partial charge in [-0.05, 0) is 106 Å². The molecule has 12 heteroatoms. The molecule has 1 N–H and O–H groups in total. The Morgan fingerprint density at radius 2 is 1.40 bits per heavy atom. The molecule has 48 heavy (non-hydrogen) atoms. The van der Waals surface area contributed by atoms with Gasteiger partial charge in [0.15, 0.2) is 24.8 Å². The smallest absolute Gasteiger partial charge is 0.411 e. The molecule has 2 aliphatic carbocycles. The van der Waals surface area contributed by atoms with Crippen LogP contribution in [0.5, 0.6) is 0 Å². The van der Waals surface area contributed by atoms with Gasteiger partial charge in [-0.25, -0.2) is 19.2 Å². The van der Waals surface area contributed by atoms with Gasteiger partial charge in [0, 0.05) is 23.7 Å². The van der Waals surface area contributed by atoms with Crippen molar-refractivity contribution in [1.82, 2.24) is 9.80 Å². The average molecular weight is 661 g/mol. The fourth-order valence-electron chi connectivity index (χ4n) is 7.48.